The van der Waals surface area contributed by atoms with Crippen LogP contribution in [0.2, 0.25) is 0 Å². The van der Waals surface area contributed by atoms with Crippen molar-refractivity contribution < 1.29 is 14.6 Å². The molecule has 2 aromatic rings. The fourth-order valence-electron chi connectivity index (χ4n) is 2.86. The number of likely N-dealkylation sites (N-methyl/N-ethyl adjacent to an activating group) is 1. The van der Waals surface area contributed by atoms with Crippen LogP contribution in [-0.2, 0) is 11.4 Å². The number of carbonyl (C=O) groups excluding carboxylic acids is 1. The van der Waals surface area contributed by atoms with Gasteiger partial charge in [-0.15, -0.1) is 0 Å². The molecule has 1 aromatic heterocycles. The first-order valence-corrected chi connectivity index (χ1v) is 8.18. The summed E-state index contributed by atoms with van der Waals surface area (Å²) in [5.74, 6) is 0.146. The van der Waals surface area contributed by atoms with E-state index in [0.717, 1.165) is 5.56 Å². The van der Waals surface area contributed by atoms with Crippen LogP contribution in [-0.4, -0.2) is 39.5 Å². The maximum absolute atomic E-state index is 11.7. The summed E-state index contributed by atoms with van der Waals surface area (Å²) in [6, 6.07) is 9.78. The van der Waals surface area contributed by atoms with Crippen molar-refractivity contribution in [1.82, 2.24) is 14.9 Å². The van der Waals surface area contributed by atoms with Crippen molar-refractivity contribution in [3.63, 3.8) is 0 Å². The lowest BCUT2D eigenvalue weighted by Gasteiger charge is -2.13. The quantitative estimate of drug-likeness (QED) is 0.906. The number of aromatic nitrogens is 2. The van der Waals surface area contributed by atoms with E-state index in [1.807, 2.05) is 18.2 Å². The maximum atomic E-state index is 11.7. The average Bonchev–Trinajstić information content (AvgIpc) is 2.88. The van der Waals surface area contributed by atoms with Crippen LogP contribution in [0.1, 0.15) is 36.6 Å². The number of carbonyl (C=O) groups is 1. The van der Waals surface area contributed by atoms with Crippen LogP contribution in [0, 0.1) is 0 Å². The number of aliphatic hydroxyl groups is 1. The molecule has 0 saturated heterocycles. The van der Waals surface area contributed by atoms with Crippen molar-refractivity contribution in [2.24, 2.45) is 0 Å². The fraction of sp³-hybridized carbons (Fsp3) is 0.316. The number of amides is 1. The Balaban J connectivity index is 1.79. The molecule has 0 radical (unpaired) electrons. The van der Waals surface area contributed by atoms with E-state index in [2.05, 4.69) is 29.9 Å². The van der Waals surface area contributed by atoms with Crippen molar-refractivity contribution in [3.8, 4) is 5.88 Å². The van der Waals surface area contributed by atoms with Gasteiger partial charge in [0.25, 0.3) is 5.91 Å². The van der Waals surface area contributed by atoms with E-state index in [4.69, 9.17) is 4.74 Å². The molecule has 6 heteroatoms. The Morgan fingerprint density at radius 1 is 1.28 bits per heavy atom. The van der Waals surface area contributed by atoms with Gasteiger partial charge >= 0.3 is 0 Å². The summed E-state index contributed by atoms with van der Waals surface area (Å²) in [5.41, 5.74) is 3.33. The molecular weight excluding hydrogens is 318 g/mol. The lowest BCUT2D eigenvalue weighted by Crippen LogP contribution is -2.21. The summed E-state index contributed by atoms with van der Waals surface area (Å²) >= 11 is 0. The topological polar surface area (TPSA) is 75.6 Å². The number of nitrogens with zero attached hydrogens (tertiary/aromatic N) is 3. The first-order valence-electron chi connectivity index (χ1n) is 8.18. The Kier molecular flexibility index (Phi) is 4.70. The molecule has 0 unspecified atom stereocenters. The highest BCUT2D eigenvalue weighted by molar-refractivity contribution is 6.03. The van der Waals surface area contributed by atoms with Crippen LogP contribution in [0.25, 0.3) is 5.57 Å². The molecule has 1 aliphatic heterocycles. The third-order valence-electron chi connectivity index (χ3n) is 4.23. The molecule has 130 valence electrons. The monoisotopic (exact) mass is 339 g/mol. The SMILES string of the molecule is CC(C)c1ccccc1COc1cc(C2=C(O)C(=O)N(C)C2)ncn1. The Morgan fingerprint density at radius 3 is 2.72 bits per heavy atom. The second kappa shape index (κ2) is 6.93. The predicted molar refractivity (Wildman–Crippen MR) is 94.1 cm³/mol. The minimum absolute atomic E-state index is 0.266. The van der Waals surface area contributed by atoms with Crippen LogP contribution >= 0.6 is 0 Å². The van der Waals surface area contributed by atoms with E-state index in [1.54, 1.807) is 13.1 Å². The number of hydrogen-bond acceptors (Lipinski definition) is 5. The Hall–Kier alpha value is -2.89. The lowest BCUT2D eigenvalue weighted by atomic mass is 9.98. The Bertz CT molecular complexity index is 830. The van der Waals surface area contributed by atoms with Gasteiger partial charge in [-0.2, -0.15) is 0 Å². The zero-order chi connectivity index (χ0) is 18.0. The summed E-state index contributed by atoms with van der Waals surface area (Å²) in [4.78, 5) is 21.4. The molecule has 1 amide bonds. The number of ether oxygens (including phenoxy) is 1. The van der Waals surface area contributed by atoms with Gasteiger partial charge in [0.05, 0.1) is 12.2 Å². The Labute approximate surface area is 146 Å². The van der Waals surface area contributed by atoms with Gasteiger partial charge in [0, 0.05) is 18.7 Å². The number of rotatable bonds is 5. The molecule has 3 rings (SSSR count). The van der Waals surface area contributed by atoms with E-state index in [-0.39, 0.29) is 5.76 Å². The van der Waals surface area contributed by atoms with E-state index in [1.165, 1.54) is 16.8 Å². The van der Waals surface area contributed by atoms with Crippen molar-refractivity contribution in [2.45, 2.75) is 26.4 Å². The van der Waals surface area contributed by atoms with Crippen molar-refractivity contribution in [1.29, 1.82) is 0 Å². The van der Waals surface area contributed by atoms with Gasteiger partial charge in [-0.1, -0.05) is 38.1 Å². The third kappa shape index (κ3) is 3.47. The molecule has 2 heterocycles. The van der Waals surface area contributed by atoms with Crippen LogP contribution in [0.15, 0.2) is 42.4 Å². The molecule has 0 bridgehead atoms. The molecule has 1 N–H and O–H groups in total. The minimum Gasteiger partial charge on any atom is -0.503 e. The zero-order valence-electron chi connectivity index (χ0n) is 14.6. The van der Waals surface area contributed by atoms with Crippen molar-refractivity contribution >= 4 is 11.5 Å². The highest BCUT2D eigenvalue weighted by atomic mass is 16.5. The standard InChI is InChI=1S/C19H21N3O3/c1-12(2)14-7-5-4-6-13(14)10-25-17-8-16(20-11-21-17)15-9-22(3)19(24)18(15)23/h4-8,11-12,23H,9-10H2,1-3H3. The van der Waals surface area contributed by atoms with Crippen LogP contribution < -0.4 is 4.74 Å². The largest absolute Gasteiger partial charge is 0.503 e. The molecular formula is C19H21N3O3. The molecule has 6 nitrogen and oxygen atoms in total. The van der Waals surface area contributed by atoms with E-state index in [9.17, 15) is 9.90 Å². The molecule has 0 atom stereocenters. The van der Waals surface area contributed by atoms with Gasteiger partial charge in [0.15, 0.2) is 5.76 Å². The van der Waals surface area contributed by atoms with Crippen LogP contribution in [0.5, 0.6) is 5.88 Å². The first kappa shape index (κ1) is 17.0. The number of hydrogen-bond donors (Lipinski definition) is 1. The van der Waals surface area contributed by atoms with Gasteiger partial charge in [-0.25, -0.2) is 9.97 Å². The van der Waals surface area contributed by atoms with Crippen LogP contribution in [0.3, 0.4) is 0 Å². The first-order chi connectivity index (χ1) is 12.0. The highest BCUT2D eigenvalue weighted by Gasteiger charge is 2.29. The average molecular weight is 339 g/mol. The van der Waals surface area contributed by atoms with Gasteiger partial charge in [-0.3, -0.25) is 4.79 Å². The molecule has 25 heavy (non-hydrogen) atoms. The van der Waals surface area contributed by atoms with E-state index in [0.29, 0.717) is 36.2 Å². The van der Waals surface area contributed by atoms with E-state index < -0.39 is 5.91 Å². The molecule has 0 saturated carbocycles. The number of aliphatic hydroxyl groups excluding tert-OH is 1. The molecule has 1 aromatic carbocycles. The van der Waals surface area contributed by atoms with Gasteiger partial charge in [0.2, 0.25) is 5.88 Å². The molecule has 0 aliphatic carbocycles. The molecule has 0 fully saturated rings. The normalized spacial score (nSPS) is 14.6. The number of benzene rings is 1. The third-order valence-corrected chi connectivity index (χ3v) is 4.23. The summed E-state index contributed by atoms with van der Waals surface area (Å²) < 4.78 is 5.82. The van der Waals surface area contributed by atoms with E-state index >= 15 is 0 Å². The fourth-order valence-corrected chi connectivity index (χ4v) is 2.86. The highest BCUT2D eigenvalue weighted by Crippen LogP contribution is 2.26. The zero-order valence-corrected chi connectivity index (χ0v) is 14.6. The van der Waals surface area contributed by atoms with Gasteiger partial charge < -0.3 is 14.7 Å². The maximum Gasteiger partial charge on any atom is 0.289 e. The lowest BCUT2D eigenvalue weighted by molar-refractivity contribution is -0.126. The minimum atomic E-state index is -0.401. The van der Waals surface area contributed by atoms with Gasteiger partial charge in [0.1, 0.15) is 12.9 Å². The Morgan fingerprint density at radius 2 is 2.04 bits per heavy atom. The van der Waals surface area contributed by atoms with Gasteiger partial charge in [-0.05, 0) is 17.0 Å². The molecule has 1 aliphatic rings. The second-order valence-corrected chi connectivity index (χ2v) is 6.37. The smallest absolute Gasteiger partial charge is 0.289 e. The van der Waals surface area contributed by atoms with Crippen LogP contribution in [0.4, 0.5) is 0 Å². The summed E-state index contributed by atoms with van der Waals surface area (Å²) in [7, 11) is 1.63. The van der Waals surface area contributed by atoms with Crippen molar-refractivity contribution in [3.05, 3.63) is 59.2 Å². The second-order valence-electron chi connectivity index (χ2n) is 6.37. The molecule has 0 spiro atoms. The predicted octanol–water partition coefficient (Wildman–Crippen LogP) is 2.92. The van der Waals surface area contributed by atoms with Crippen molar-refractivity contribution in [2.75, 3.05) is 13.6 Å². The summed E-state index contributed by atoms with van der Waals surface area (Å²) in [6.45, 7) is 5.00. The summed E-state index contributed by atoms with van der Waals surface area (Å²) in [6.07, 6.45) is 1.38. The summed E-state index contributed by atoms with van der Waals surface area (Å²) in [5, 5.41) is 9.96.